The summed E-state index contributed by atoms with van der Waals surface area (Å²) in [6.07, 6.45) is 3.96. The van der Waals surface area contributed by atoms with Crippen molar-refractivity contribution in [3.05, 3.63) is 65.9 Å². The van der Waals surface area contributed by atoms with Crippen LogP contribution in [0.2, 0.25) is 0 Å². The number of aromatic nitrogens is 1. The van der Waals surface area contributed by atoms with Crippen LogP contribution in [0.25, 0.3) is 23.1 Å². The van der Waals surface area contributed by atoms with Crippen molar-refractivity contribution in [2.24, 2.45) is 0 Å². The standard InChI is InChI=1S/C19H17NO2/c1-21-17-11-12-19(22-2)15(13-17)8-10-16-9-7-14-5-3-4-6-18(14)20-16/h3-13H,1-2H3/b10-8+. The van der Waals surface area contributed by atoms with Crippen molar-refractivity contribution in [3.63, 3.8) is 0 Å². The van der Waals surface area contributed by atoms with E-state index in [1.165, 1.54) is 0 Å². The lowest BCUT2D eigenvalue weighted by molar-refractivity contribution is 0.402. The first-order valence-corrected chi connectivity index (χ1v) is 7.06. The van der Waals surface area contributed by atoms with Crippen LogP contribution >= 0.6 is 0 Å². The van der Waals surface area contributed by atoms with E-state index in [0.717, 1.165) is 33.7 Å². The summed E-state index contributed by atoms with van der Waals surface area (Å²) in [5.74, 6) is 1.60. The third-order valence-corrected chi connectivity index (χ3v) is 3.49. The molecule has 0 N–H and O–H groups in total. The van der Waals surface area contributed by atoms with Gasteiger partial charge in [-0.2, -0.15) is 0 Å². The molecule has 22 heavy (non-hydrogen) atoms. The third kappa shape index (κ3) is 2.93. The second kappa shape index (κ2) is 6.31. The highest BCUT2D eigenvalue weighted by molar-refractivity contribution is 5.81. The molecule has 0 aliphatic carbocycles. The minimum atomic E-state index is 0.798. The molecule has 3 rings (SSSR count). The number of methoxy groups -OCH3 is 2. The summed E-state index contributed by atoms with van der Waals surface area (Å²) in [6.45, 7) is 0. The van der Waals surface area contributed by atoms with Gasteiger partial charge in [-0.1, -0.05) is 24.3 Å². The van der Waals surface area contributed by atoms with Crippen LogP contribution in [-0.4, -0.2) is 19.2 Å². The van der Waals surface area contributed by atoms with Gasteiger partial charge in [-0.05, 0) is 42.5 Å². The van der Waals surface area contributed by atoms with Gasteiger partial charge in [0, 0.05) is 10.9 Å². The minimum Gasteiger partial charge on any atom is -0.497 e. The van der Waals surface area contributed by atoms with Crippen molar-refractivity contribution in [1.29, 1.82) is 0 Å². The van der Waals surface area contributed by atoms with Gasteiger partial charge >= 0.3 is 0 Å². The molecule has 110 valence electrons. The average Bonchev–Trinajstić information content (AvgIpc) is 2.59. The number of rotatable bonds is 4. The number of hydrogen-bond donors (Lipinski definition) is 0. The summed E-state index contributed by atoms with van der Waals surface area (Å²) in [4.78, 5) is 4.63. The molecule has 0 bridgehead atoms. The van der Waals surface area contributed by atoms with Gasteiger partial charge < -0.3 is 9.47 Å². The fourth-order valence-corrected chi connectivity index (χ4v) is 2.32. The first-order chi connectivity index (χ1) is 10.8. The van der Waals surface area contributed by atoms with Crippen LogP contribution in [0.15, 0.2) is 54.6 Å². The Morgan fingerprint density at radius 1 is 0.864 bits per heavy atom. The molecule has 0 spiro atoms. The van der Waals surface area contributed by atoms with Crippen LogP contribution in [0.1, 0.15) is 11.3 Å². The van der Waals surface area contributed by atoms with E-state index in [-0.39, 0.29) is 0 Å². The molecule has 0 atom stereocenters. The lowest BCUT2D eigenvalue weighted by Crippen LogP contribution is -1.89. The van der Waals surface area contributed by atoms with E-state index >= 15 is 0 Å². The fourth-order valence-electron chi connectivity index (χ4n) is 2.32. The molecule has 0 radical (unpaired) electrons. The van der Waals surface area contributed by atoms with Crippen LogP contribution in [0, 0.1) is 0 Å². The number of benzene rings is 2. The highest BCUT2D eigenvalue weighted by Crippen LogP contribution is 2.25. The van der Waals surface area contributed by atoms with Crippen molar-refractivity contribution in [2.45, 2.75) is 0 Å². The molecule has 0 aliphatic heterocycles. The van der Waals surface area contributed by atoms with Crippen LogP contribution in [0.3, 0.4) is 0 Å². The largest absolute Gasteiger partial charge is 0.497 e. The summed E-state index contributed by atoms with van der Waals surface area (Å²) in [5.41, 5.74) is 2.85. The molecule has 0 fully saturated rings. The Hall–Kier alpha value is -2.81. The molecule has 0 unspecified atom stereocenters. The Morgan fingerprint density at radius 3 is 2.55 bits per heavy atom. The number of fused-ring (bicyclic) bond motifs is 1. The molecule has 1 aromatic heterocycles. The van der Waals surface area contributed by atoms with Gasteiger partial charge in [0.25, 0.3) is 0 Å². The molecular formula is C19H17NO2. The Balaban J connectivity index is 1.95. The van der Waals surface area contributed by atoms with E-state index in [9.17, 15) is 0 Å². The zero-order valence-corrected chi connectivity index (χ0v) is 12.6. The van der Waals surface area contributed by atoms with E-state index in [0.29, 0.717) is 0 Å². The monoisotopic (exact) mass is 291 g/mol. The molecule has 0 saturated heterocycles. The molecule has 0 saturated carbocycles. The first kappa shape index (κ1) is 14.1. The van der Waals surface area contributed by atoms with Gasteiger partial charge in [0.05, 0.1) is 25.4 Å². The van der Waals surface area contributed by atoms with Gasteiger partial charge in [0.2, 0.25) is 0 Å². The third-order valence-electron chi connectivity index (χ3n) is 3.49. The van der Waals surface area contributed by atoms with E-state index in [1.54, 1.807) is 14.2 Å². The van der Waals surface area contributed by atoms with Crippen molar-refractivity contribution < 1.29 is 9.47 Å². The van der Waals surface area contributed by atoms with Crippen molar-refractivity contribution in [1.82, 2.24) is 4.98 Å². The molecule has 3 heteroatoms. The maximum Gasteiger partial charge on any atom is 0.126 e. The van der Waals surface area contributed by atoms with Gasteiger partial charge in [-0.3, -0.25) is 0 Å². The van der Waals surface area contributed by atoms with Gasteiger partial charge in [-0.15, -0.1) is 0 Å². The second-order valence-electron chi connectivity index (χ2n) is 4.87. The summed E-state index contributed by atoms with van der Waals surface area (Å²) < 4.78 is 10.6. The Bertz CT molecular complexity index is 825. The van der Waals surface area contributed by atoms with E-state index in [2.05, 4.69) is 17.1 Å². The van der Waals surface area contributed by atoms with Crippen molar-refractivity contribution in [3.8, 4) is 11.5 Å². The highest BCUT2D eigenvalue weighted by Gasteiger charge is 2.02. The van der Waals surface area contributed by atoms with Crippen LogP contribution in [-0.2, 0) is 0 Å². The molecule has 2 aromatic carbocycles. The van der Waals surface area contributed by atoms with E-state index in [4.69, 9.17) is 9.47 Å². The summed E-state index contributed by atoms with van der Waals surface area (Å²) in [5, 5.41) is 1.14. The highest BCUT2D eigenvalue weighted by atomic mass is 16.5. The SMILES string of the molecule is COc1ccc(OC)c(/C=C/c2ccc3ccccc3n2)c1. The smallest absolute Gasteiger partial charge is 0.126 e. The average molecular weight is 291 g/mol. The minimum absolute atomic E-state index is 0.798. The van der Waals surface area contributed by atoms with Gasteiger partial charge in [0.1, 0.15) is 11.5 Å². The van der Waals surface area contributed by atoms with Crippen LogP contribution in [0.5, 0.6) is 11.5 Å². The van der Waals surface area contributed by atoms with E-state index < -0.39 is 0 Å². The number of pyridine rings is 1. The Morgan fingerprint density at radius 2 is 1.73 bits per heavy atom. The summed E-state index contributed by atoms with van der Waals surface area (Å²) in [7, 11) is 3.31. The normalized spacial score (nSPS) is 11.0. The number of hydrogen-bond acceptors (Lipinski definition) is 3. The second-order valence-corrected chi connectivity index (χ2v) is 4.87. The molecule has 0 amide bonds. The molecule has 0 aliphatic rings. The maximum absolute atomic E-state index is 5.38. The predicted octanol–water partition coefficient (Wildman–Crippen LogP) is 4.42. The van der Waals surface area contributed by atoms with Gasteiger partial charge in [0.15, 0.2) is 0 Å². The zero-order valence-electron chi connectivity index (χ0n) is 12.6. The number of nitrogens with zero attached hydrogens (tertiary/aromatic N) is 1. The van der Waals surface area contributed by atoms with Crippen molar-refractivity contribution >= 4 is 23.1 Å². The molecule has 1 heterocycles. The van der Waals surface area contributed by atoms with E-state index in [1.807, 2.05) is 54.6 Å². The molecular weight excluding hydrogens is 274 g/mol. The van der Waals surface area contributed by atoms with Crippen molar-refractivity contribution in [2.75, 3.05) is 14.2 Å². The van der Waals surface area contributed by atoms with Gasteiger partial charge in [-0.25, -0.2) is 4.98 Å². The fraction of sp³-hybridized carbons (Fsp3) is 0.105. The molecule has 3 aromatic rings. The predicted molar refractivity (Wildman–Crippen MR) is 90.2 cm³/mol. The quantitative estimate of drug-likeness (QED) is 0.713. The number of ether oxygens (including phenoxy) is 2. The topological polar surface area (TPSA) is 31.4 Å². The van der Waals surface area contributed by atoms with Crippen LogP contribution in [0.4, 0.5) is 0 Å². The lowest BCUT2D eigenvalue weighted by atomic mass is 10.1. The summed E-state index contributed by atoms with van der Waals surface area (Å²) >= 11 is 0. The Kier molecular flexibility index (Phi) is 4.05. The lowest BCUT2D eigenvalue weighted by Gasteiger charge is -2.07. The Labute approximate surface area is 129 Å². The maximum atomic E-state index is 5.38. The van der Waals surface area contributed by atoms with Crippen LogP contribution < -0.4 is 9.47 Å². The zero-order chi connectivity index (χ0) is 15.4. The molecule has 3 nitrogen and oxygen atoms in total. The summed E-state index contributed by atoms with van der Waals surface area (Å²) in [6, 6.07) is 17.9. The first-order valence-electron chi connectivity index (χ1n) is 7.06. The number of para-hydroxylation sites is 1.